The van der Waals surface area contributed by atoms with Crippen LogP contribution in [0, 0.1) is 0 Å². The molecule has 1 aromatic rings. The van der Waals surface area contributed by atoms with E-state index in [4.69, 9.17) is 5.11 Å². The van der Waals surface area contributed by atoms with Crippen LogP contribution in [0.2, 0.25) is 0 Å². The molecular weight excluding hydrogens is 162 g/mol. The van der Waals surface area contributed by atoms with Crippen molar-refractivity contribution in [2.45, 2.75) is 0 Å². The average molecular weight is 169 g/mol. The minimum absolute atomic E-state index is 0. The van der Waals surface area contributed by atoms with Gasteiger partial charge in [-0.1, -0.05) is 0 Å². The van der Waals surface area contributed by atoms with Crippen molar-refractivity contribution in [2.75, 3.05) is 0 Å². The second kappa shape index (κ2) is 4.20. The largest absolute Gasteiger partial charge is 0.475 e. The molecule has 3 N–H and O–H groups in total. The van der Waals surface area contributed by atoms with Crippen molar-refractivity contribution in [3.05, 3.63) is 30.1 Å². The summed E-state index contributed by atoms with van der Waals surface area (Å²) in [6.07, 6.45) is 2.74. The van der Waals surface area contributed by atoms with Gasteiger partial charge in [0.25, 0.3) is 5.78 Å². The molecule has 0 bridgehead atoms. The highest BCUT2D eigenvalue weighted by molar-refractivity contribution is 6.39. The van der Waals surface area contributed by atoms with Gasteiger partial charge in [0, 0.05) is 18.0 Å². The number of aliphatic carboxylic acids is 1. The molecule has 0 aliphatic carbocycles. The van der Waals surface area contributed by atoms with Gasteiger partial charge < -0.3 is 10.6 Å². The molecule has 64 valence electrons. The number of carbonyl (C=O) groups excluding carboxylic acids is 1. The van der Waals surface area contributed by atoms with E-state index < -0.39 is 11.8 Å². The van der Waals surface area contributed by atoms with Crippen LogP contribution in [0.4, 0.5) is 0 Å². The average Bonchev–Trinajstić information content (AvgIpc) is 2.05. The topological polar surface area (TPSA) is 98.8 Å². The van der Waals surface area contributed by atoms with E-state index >= 15 is 0 Å². The van der Waals surface area contributed by atoms with Crippen LogP contribution in [0.3, 0.4) is 0 Å². The van der Waals surface area contributed by atoms with E-state index in [-0.39, 0.29) is 11.0 Å². The van der Waals surface area contributed by atoms with E-state index in [2.05, 4.69) is 4.98 Å². The summed E-state index contributed by atoms with van der Waals surface area (Å²) in [7, 11) is 0. The smallest absolute Gasteiger partial charge is 0.377 e. The molecule has 0 amide bonds. The lowest BCUT2D eigenvalue weighted by atomic mass is 10.2. The lowest BCUT2D eigenvalue weighted by molar-refractivity contribution is -0.131. The van der Waals surface area contributed by atoms with Crippen molar-refractivity contribution in [1.82, 2.24) is 4.98 Å². The van der Waals surface area contributed by atoms with Crippen molar-refractivity contribution in [3.8, 4) is 0 Å². The van der Waals surface area contributed by atoms with E-state index in [9.17, 15) is 9.59 Å². The van der Waals surface area contributed by atoms with Crippen LogP contribution in [0.15, 0.2) is 24.5 Å². The molecule has 0 saturated carbocycles. The molecule has 5 heteroatoms. The number of Topliss-reactive ketones (excluding diaryl/α,β-unsaturated/α-hetero) is 1. The Bertz CT molecular complexity index is 283. The van der Waals surface area contributed by atoms with Gasteiger partial charge in [-0.05, 0) is 12.1 Å². The molecule has 0 radical (unpaired) electrons. The summed E-state index contributed by atoms with van der Waals surface area (Å²) in [5, 5.41) is 8.27. The van der Waals surface area contributed by atoms with Crippen LogP contribution >= 0.6 is 0 Å². The minimum atomic E-state index is -1.45. The first-order valence-electron chi connectivity index (χ1n) is 2.89. The van der Waals surface area contributed by atoms with Gasteiger partial charge in [-0.15, -0.1) is 0 Å². The van der Waals surface area contributed by atoms with Gasteiger partial charge >= 0.3 is 5.97 Å². The summed E-state index contributed by atoms with van der Waals surface area (Å²) in [6.45, 7) is 0. The van der Waals surface area contributed by atoms with Crippen molar-refractivity contribution >= 4 is 11.8 Å². The lowest BCUT2D eigenvalue weighted by Gasteiger charge is -1.91. The first kappa shape index (κ1) is 10.2. The number of hydrogen-bond acceptors (Lipinski definition) is 3. The van der Waals surface area contributed by atoms with Crippen LogP contribution < -0.4 is 0 Å². The van der Waals surface area contributed by atoms with Crippen LogP contribution in [-0.2, 0) is 4.79 Å². The molecule has 0 atom stereocenters. The van der Waals surface area contributed by atoms with Crippen LogP contribution in [-0.4, -0.2) is 27.3 Å². The Balaban J connectivity index is 0.00000121. The predicted molar refractivity (Wildman–Crippen MR) is 39.8 cm³/mol. The van der Waals surface area contributed by atoms with Crippen molar-refractivity contribution < 1.29 is 20.2 Å². The van der Waals surface area contributed by atoms with Gasteiger partial charge in [0.2, 0.25) is 0 Å². The Hall–Kier alpha value is -1.75. The Labute approximate surface area is 68.0 Å². The summed E-state index contributed by atoms with van der Waals surface area (Å²) < 4.78 is 0. The zero-order chi connectivity index (χ0) is 8.27. The van der Waals surface area contributed by atoms with Gasteiger partial charge in [-0.25, -0.2) is 4.79 Å². The Morgan fingerprint density at radius 3 is 2.17 bits per heavy atom. The van der Waals surface area contributed by atoms with Crippen LogP contribution in [0.25, 0.3) is 0 Å². The van der Waals surface area contributed by atoms with Gasteiger partial charge in [0.1, 0.15) is 0 Å². The van der Waals surface area contributed by atoms with E-state index in [1.165, 1.54) is 24.5 Å². The molecule has 5 nitrogen and oxygen atoms in total. The highest BCUT2D eigenvalue weighted by atomic mass is 16.4. The fraction of sp³-hybridized carbons (Fsp3) is 0. The summed E-state index contributed by atoms with van der Waals surface area (Å²) in [6, 6.07) is 2.72. The number of rotatable bonds is 2. The number of carboxylic acid groups (broad SMARTS) is 1. The number of ketones is 1. The van der Waals surface area contributed by atoms with Crippen molar-refractivity contribution in [3.63, 3.8) is 0 Å². The fourth-order valence-corrected chi connectivity index (χ4v) is 0.627. The highest BCUT2D eigenvalue weighted by Crippen LogP contribution is 1.96. The first-order valence-corrected chi connectivity index (χ1v) is 2.89. The Morgan fingerprint density at radius 2 is 1.75 bits per heavy atom. The first-order chi connectivity index (χ1) is 5.22. The summed E-state index contributed by atoms with van der Waals surface area (Å²) >= 11 is 0. The van der Waals surface area contributed by atoms with E-state index in [1.807, 2.05) is 0 Å². The lowest BCUT2D eigenvalue weighted by Crippen LogP contribution is -2.12. The molecule has 0 spiro atoms. The third-order valence-corrected chi connectivity index (χ3v) is 1.14. The van der Waals surface area contributed by atoms with Crippen molar-refractivity contribution in [2.24, 2.45) is 0 Å². The molecule has 0 aromatic carbocycles. The monoisotopic (exact) mass is 169 g/mol. The molecule has 0 saturated heterocycles. The molecule has 1 rings (SSSR count). The molecule has 0 aliphatic heterocycles. The summed E-state index contributed by atoms with van der Waals surface area (Å²) in [5.41, 5.74) is 0.146. The third-order valence-electron chi connectivity index (χ3n) is 1.14. The van der Waals surface area contributed by atoms with Crippen LogP contribution in [0.1, 0.15) is 10.4 Å². The molecule has 12 heavy (non-hydrogen) atoms. The maximum absolute atomic E-state index is 10.7. The zero-order valence-electron chi connectivity index (χ0n) is 6.02. The number of carbonyl (C=O) groups is 2. The quantitative estimate of drug-likeness (QED) is 0.477. The van der Waals surface area contributed by atoms with E-state index in [0.717, 1.165) is 0 Å². The molecule has 0 unspecified atom stereocenters. The predicted octanol–water partition coefficient (Wildman–Crippen LogP) is -0.476. The molecule has 1 heterocycles. The number of pyridine rings is 1. The summed E-state index contributed by atoms with van der Waals surface area (Å²) in [5.74, 6) is -2.36. The zero-order valence-corrected chi connectivity index (χ0v) is 6.02. The van der Waals surface area contributed by atoms with Gasteiger partial charge in [0.15, 0.2) is 0 Å². The number of carboxylic acids is 1. The number of hydrogen-bond donors (Lipinski definition) is 1. The number of aromatic nitrogens is 1. The third kappa shape index (κ3) is 2.14. The minimum Gasteiger partial charge on any atom is -0.475 e. The van der Waals surface area contributed by atoms with Crippen molar-refractivity contribution in [1.29, 1.82) is 0 Å². The molecule has 0 aliphatic rings. The fourth-order valence-electron chi connectivity index (χ4n) is 0.627. The standard InChI is InChI=1S/C7H5NO3.H2O/c9-6(7(10)11)5-1-3-8-4-2-5;/h1-4H,(H,10,11);1H2. The van der Waals surface area contributed by atoms with Gasteiger partial charge in [0.05, 0.1) is 0 Å². The highest BCUT2D eigenvalue weighted by Gasteiger charge is 2.12. The van der Waals surface area contributed by atoms with E-state index in [1.54, 1.807) is 0 Å². The Morgan fingerprint density at radius 1 is 1.25 bits per heavy atom. The normalized spacial score (nSPS) is 8.33. The number of nitrogens with zero attached hydrogens (tertiary/aromatic N) is 1. The van der Waals surface area contributed by atoms with Crippen LogP contribution in [0.5, 0.6) is 0 Å². The molecule has 1 aromatic heterocycles. The second-order valence-electron chi connectivity index (χ2n) is 1.87. The Kier molecular flexibility index (Phi) is 3.58. The van der Waals surface area contributed by atoms with Gasteiger partial charge in [-0.3, -0.25) is 9.78 Å². The maximum atomic E-state index is 10.7. The second-order valence-corrected chi connectivity index (χ2v) is 1.87. The SMILES string of the molecule is O.O=C(O)C(=O)c1ccncc1. The summed E-state index contributed by atoms with van der Waals surface area (Å²) in [4.78, 5) is 24.5. The maximum Gasteiger partial charge on any atom is 0.377 e. The van der Waals surface area contributed by atoms with Gasteiger partial charge in [-0.2, -0.15) is 0 Å². The molecule has 0 fully saturated rings. The molecular formula is C7H7NO4. The van der Waals surface area contributed by atoms with E-state index in [0.29, 0.717) is 0 Å².